The summed E-state index contributed by atoms with van der Waals surface area (Å²) < 4.78 is 30.0. The average Bonchev–Trinajstić information content (AvgIpc) is 3.38. The first kappa shape index (κ1) is 35.7. The lowest BCUT2D eigenvalue weighted by Gasteiger charge is -2.18. The van der Waals surface area contributed by atoms with E-state index in [9.17, 15) is 9.36 Å². The van der Waals surface area contributed by atoms with Crippen molar-refractivity contribution in [3.8, 4) is 0 Å². The Morgan fingerprint density at radius 3 is 2.07 bits per heavy atom. The van der Waals surface area contributed by atoms with Crippen LogP contribution < -0.4 is 10.9 Å². The molecule has 0 aromatic carbocycles. The van der Waals surface area contributed by atoms with Gasteiger partial charge in [0.2, 0.25) is 0 Å². The summed E-state index contributed by atoms with van der Waals surface area (Å²) in [5.41, 5.74) is 1.87. The van der Waals surface area contributed by atoms with Crippen LogP contribution in [0.3, 0.4) is 0 Å². The molecular formula is C31H57N4O5P. The number of H-pyrrole nitrogens is 2. The first-order chi connectivity index (χ1) is 20.1. The molecule has 2 heterocycles. The molecule has 236 valence electrons. The Balaban J connectivity index is 1.40. The molecule has 0 bridgehead atoms. The molecule has 0 aliphatic rings. The summed E-state index contributed by atoms with van der Waals surface area (Å²) in [6.45, 7) is 7.46. The van der Waals surface area contributed by atoms with E-state index in [0.29, 0.717) is 62.9 Å². The van der Waals surface area contributed by atoms with Crippen molar-refractivity contribution in [1.29, 1.82) is 0 Å². The van der Waals surface area contributed by atoms with Crippen molar-refractivity contribution in [3.63, 3.8) is 0 Å². The molecule has 10 heteroatoms. The average molecular weight is 597 g/mol. The van der Waals surface area contributed by atoms with Crippen LogP contribution in [-0.4, -0.2) is 54.1 Å². The number of rotatable bonds is 28. The molecule has 0 amide bonds. The Bertz CT molecular complexity index is 1010. The minimum atomic E-state index is -3.12. The molecule has 0 fully saturated rings. The quantitative estimate of drug-likeness (QED) is 0.0676. The van der Waals surface area contributed by atoms with E-state index >= 15 is 0 Å². The van der Waals surface area contributed by atoms with Crippen LogP contribution >= 0.6 is 7.60 Å². The minimum Gasteiger partial charge on any atom is -0.381 e. The molecule has 3 N–H and O–H groups in total. The fraction of sp³-hybridized carbons (Fsp3) is 0.806. The lowest BCUT2D eigenvalue weighted by Crippen LogP contribution is -2.16. The van der Waals surface area contributed by atoms with Crippen molar-refractivity contribution in [2.24, 2.45) is 0 Å². The van der Waals surface area contributed by atoms with Gasteiger partial charge in [0.05, 0.1) is 31.2 Å². The van der Waals surface area contributed by atoms with Crippen molar-refractivity contribution in [2.45, 2.75) is 123 Å². The van der Waals surface area contributed by atoms with Gasteiger partial charge in [0.15, 0.2) is 0 Å². The van der Waals surface area contributed by atoms with Crippen molar-refractivity contribution < 1.29 is 18.3 Å². The third-order valence-electron chi connectivity index (χ3n) is 7.34. The van der Waals surface area contributed by atoms with Crippen molar-refractivity contribution in [2.75, 3.05) is 39.1 Å². The second-order valence-corrected chi connectivity index (χ2v) is 13.1. The van der Waals surface area contributed by atoms with Crippen LogP contribution in [0.1, 0.15) is 122 Å². The zero-order chi connectivity index (χ0) is 29.4. The molecule has 1 atom stereocenters. The van der Waals surface area contributed by atoms with E-state index < -0.39 is 7.60 Å². The Morgan fingerprint density at radius 1 is 0.780 bits per heavy atom. The molecule has 0 spiro atoms. The summed E-state index contributed by atoms with van der Waals surface area (Å²) >= 11 is 0. The fourth-order valence-electron chi connectivity index (χ4n) is 4.99. The minimum absolute atomic E-state index is 0.184. The maximum Gasteiger partial charge on any atom is 0.330 e. The summed E-state index contributed by atoms with van der Waals surface area (Å²) in [5.74, 6) is 0. The number of fused-ring (bicyclic) bond motifs is 1. The molecule has 0 aliphatic heterocycles. The first-order valence-corrected chi connectivity index (χ1v) is 18.0. The van der Waals surface area contributed by atoms with Crippen molar-refractivity contribution in [3.05, 3.63) is 28.4 Å². The first-order valence-electron chi connectivity index (χ1n) is 16.3. The Kier molecular flexibility index (Phi) is 20.0. The number of nitrogens with zero attached hydrogens (tertiary/aromatic N) is 1. The van der Waals surface area contributed by atoms with Gasteiger partial charge in [-0.3, -0.25) is 9.36 Å². The normalized spacial score (nSPS) is 13.2. The van der Waals surface area contributed by atoms with Gasteiger partial charge in [0, 0.05) is 31.5 Å². The van der Waals surface area contributed by atoms with Crippen LogP contribution in [0.4, 0.5) is 0 Å². The zero-order valence-corrected chi connectivity index (χ0v) is 26.7. The summed E-state index contributed by atoms with van der Waals surface area (Å²) in [4.78, 5) is 21.6. The summed E-state index contributed by atoms with van der Waals surface area (Å²) in [6, 6.07) is 0. The molecule has 0 aliphatic carbocycles. The number of aromatic nitrogens is 3. The number of unbranched alkanes of at least 4 members (excludes halogenated alkanes) is 13. The van der Waals surface area contributed by atoms with Gasteiger partial charge in [-0.15, -0.1) is 0 Å². The van der Waals surface area contributed by atoms with Gasteiger partial charge in [0.1, 0.15) is 5.52 Å². The second-order valence-electron chi connectivity index (χ2n) is 10.9. The summed E-state index contributed by atoms with van der Waals surface area (Å²) in [7, 11) is -3.12. The number of nitrogens with one attached hydrogen (secondary N) is 3. The highest BCUT2D eigenvalue weighted by Gasteiger charge is 2.23. The lowest BCUT2D eigenvalue weighted by molar-refractivity contribution is 0.111. The van der Waals surface area contributed by atoms with E-state index in [4.69, 9.17) is 13.8 Å². The lowest BCUT2D eigenvalue weighted by atomic mass is 10.0. The van der Waals surface area contributed by atoms with E-state index in [1.165, 1.54) is 89.8 Å². The van der Waals surface area contributed by atoms with Gasteiger partial charge < -0.3 is 29.1 Å². The number of ether oxygens (including phenoxy) is 1. The fourth-order valence-corrected chi connectivity index (χ4v) is 6.67. The zero-order valence-electron chi connectivity index (χ0n) is 25.9. The molecule has 1 unspecified atom stereocenters. The predicted octanol–water partition coefficient (Wildman–Crippen LogP) is 7.87. The van der Waals surface area contributed by atoms with E-state index in [2.05, 4.69) is 27.2 Å². The van der Waals surface area contributed by atoms with Crippen molar-refractivity contribution >= 4 is 18.6 Å². The largest absolute Gasteiger partial charge is 0.381 e. The highest BCUT2D eigenvalue weighted by molar-refractivity contribution is 7.53. The van der Waals surface area contributed by atoms with Crippen LogP contribution in [0.5, 0.6) is 0 Å². The summed E-state index contributed by atoms with van der Waals surface area (Å²) in [6.07, 6.45) is 23.9. The molecule has 9 nitrogen and oxygen atoms in total. The van der Waals surface area contributed by atoms with Crippen LogP contribution in [0.15, 0.2) is 17.3 Å². The number of aromatic amines is 2. The van der Waals surface area contributed by atoms with E-state index in [-0.39, 0.29) is 5.56 Å². The maximum absolute atomic E-state index is 13.0. The standard InChI is InChI=1S/C31H57N4O5P/c1-3-5-6-7-8-9-10-11-12-13-14-15-16-17-21-38-22-19-23-40-41(37,39-4-2)24-18-20-32-25-28-26-33-30-29(28)34-27-35-31(30)36/h26-27,32-33H,3-25H2,1-2H3,(H,34,35,36). The van der Waals surface area contributed by atoms with Gasteiger partial charge in [0.25, 0.3) is 5.56 Å². The van der Waals surface area contributed by atoms with E-state index in [1.807, 2.05) is 6.92 Å². The number of hydrogen-bond acceptors (Lipinski definition) is 7. The molecule has 0 radical (unpaired) electrons. The van der Waals surface area contributed by atoms with Gasteiger partial charge >= 0.3 is 7.60 Å². The monoisotopic (exact) mass is 596 g/mol. The van der Waals surface area contributed by atoms with Crippen LogP contribution in [0.25, 0.3) is 11.0 Å². The van der Waals surface area contributed by atoms with E-state index in [1.54, 1.807) is 6.20 Å². The third kappa shape index (κ3) is 16.1. The van der Waals surface area contributed by atoms with Crippen molar-refractivity contribution in [1.82, 2.24) is 20.3 Å². The Morgan fingerprint density at radius 2 is 1.41 bits per heavy atom. The predicted molar refractivity (Wildman–Crippen MR) is 169 cm³/mol. The second kappa shape index (κ2) is 23.0. The SMILES string of the molecule is CCCCCCCCCCCCCCCCOCCCOP(=O)(CCCNCc1c[nH]c2c(=O)[nH]cnc12)OCC. The maximum atomic E-state index is 13.0. The van der Waals surface area contributed by atoms with E-state index in [0.717, 1.165) is 18.6 Å². The van der Waals surface area contributed by atoms with Crippen LogP contribution in [0, 0.1) is 0 Å². The highest BCUT2D eigenvalue weighted by atomic mass is 31.2. The molecule has 2 rings (SSSR count). The van der Waals surface area contributed by atoms with Gasteiger partial charge in [-0.25, -0.2) is 4.98 Å². The van der Waals surface area contributed by atoms with Crippen LogP contribution in [-0.2, 0) is 24.9 Å². The molecule has 2 aromatic heterocycles. The Labute approximate surface area is 247 Å². The molecule has 2 aromatic rings. The smallest absolute Gasteiger partial charge is 0.330 e. The van der Waals surface area contributed by atoms with Gasteiger partial charge in [-0.2, -0.15) is 0 Å². The Hall–Kier alpha value is -1.51. The van der Waals surface area contributed by atoms with Gasteiger partial charge in [-0.05, 0) is 32.7 Å². The third-order valence-corrected chi connectivity index (χ3v) is 9.43. The molecule has 0 saturated carbocycles. The number of hydrogen-bond donors (Lipinski definition) is 3. The van der Waals surface area contributed by atoms with Crippen LogP contribution in [0.2, 0.25) is 0 Å². The molecule has 41 heavy (non-hydrogen) atoms. The summed E-state index contributed by atoms with van der Waals surface area (Å²) in [5, 5.41) is 3.32. The highest BCUT2D eigenvalue weighted by Crippen LogP contribution is 2.48. The van der Waals surface area contributed by atoms with Gasteiger partial charge in [-0.1, -0.05) is 90.4 Å². The topological polar surface area (TPSA) is 118 Å². The molecule has 0 saturated heterocycles. The molecular weight excluding hydrogens is 539 g/mol.